The molecule has 1 aromatic carbocycles. The average Bonchev–Trinajstić information content (AvgIpc) is 2.41. The third-order valence-corrected chi connectivity index (χ3v) is 3.40. The molecular formula is C14H19BrN2. The van der Waals surface area contributed by atoms with E-state index in [0.717, 1.165) is 37.9 Å². The summed E-state index contributed by atoms with van der Waals surface area (Å²) in [5.41, 5.74) is 2.63. The van der Waals surface area contributed by atoms with E-state index in [1.807, 2.05) is 0 Å². The topological polar surface area (TPSA) is 15.3 Å². The SMILES string of the molecule is BrCCC=Cc1cccc(N2CCNCC2)c1. The van der Waals surface area contributed by atoms with Crippen molar-refractivity contribution < 1.29 is 0 Å². The number of hydrogen-bond acceptors (Lipinski definition) is 2. The fraction of sp³-hybridized carbons (Fsp3) is 0.429. The summed E-state index contributed by atoms with van der Waals surface area (Å²) in [6, 6.07) is 8.78. The van der Waals surface area contributed by atoms with Crippen LogP contribution in [0.1, 0.15) is 12.0 Å². The number of halogens is 1. The summed E-state index contributed by atoms with van der Waals surface area (Å²) in [6.07, 6.45) is 5.50. The normalized spacial score (nSPS) is 16.6. The predicted octanol–water partition coefficient (Wildman–Crippen LogP) is 2.89. The number of allylic oxidation sites excluding steroid dienone is 1. The van der Waals surface area contributed by atoms with Crippen LogP contribution in [0.3, 0.4) is 0 Å². The minimum absolute atomic E-state index is 1.03. The van der Waals surface area contributed by atoms with Gasteiger partial charge in [-0.1, -0.05) is 40.2 Å². The highest BCUT2D eigenvalue weighted by molar-refractivity contribution is 9.09. The fourth-order valence-corrected chi connectivity index (χ4v) is 2.29. The lowest BCUT2D eigenvalue weighted by Crippen LogP contribution is -2.43. The van der Waals surface area contributed by atoms with E-state index in [2.05, 4.69) is 62.6 Å². The Hall–Kier alpha value is -0.800. The second-order valence-electron chi connectivity index (χ2n) is 4.21. The number of piperazine rings is 1. The molecule has 1 aliphatic heterocycles. The summed E-state index contributed by atoms with van der Waals surface area (Å²) >= 11 is 3.43. The van der Waals surface area contributed by atoms with Crippen LogP contribution in [-0.4, -0.2) is 31.5 Å². The molecule has 0 bridgehead atoms. The first-order valence-corrected chi connectivity index (χ1v) is 7.30. The smallest absolute Gasteiger partial charge is 0.0373 e. The number of rotatable bonds is 4. The van der Waals surface area contributed by atoms with Gasteiger partial charge in [-0.3, -0.25) is 0 Å². The summed E-state index contributed by atoms with van der Waals surface area (Å²) in [7, 11) is 0. The summed E-state index contributed by atoms with van der Waals surface area (Å²) in [5.74, 6) is 0. The molecule has 0 radical (unpaired) electrons. The molecule has 92 valence electrons. The van der Waals surface area contributed by atoms with Crippen LogP contribution in [0.2, 0.25) is 0 Å². The zero-order valence-corrected chi connectivity index (χ0v) is 11.6. The molecule has 3 heteroatoms. The molecule has 0 spiro atoms. The van der Waals surface area contributed by atoms with Crippen molar-refractivity contribution in [3.63, 3.8) is 0 Å². The highest BCUT2D eigenvalue weighted by atomic mass is 79.9. The molecule has 0 saturated carbocycles. The Kier molecular flexibility index (Phi) is 5.08. The van der Waals surface area contributed by atoms with Crippen molar-refractivity contribution in [2.45, 2.75) is 6.42 Å². The van der Waals surface area contributed by atoms with E-state index in [-0.39, 0.29) is 0 Å². The Morgan fingerprint density at radius 1 is 1.29 bits per heavy atom. The molecule has 17 heavy (non-hydrogen) atoms. The van der Waals surface area contributed by atoms with Crippen molar-refractivity contribution in [2.75, 3.05) is 36.4 Å². The van der Waals surface area contributed by atoms with E-state index in [4.69, 9.17) is 0 Å². The lowest BCUT2D eigenvalue weighted by molar-refractivity contribution is 0.589. The van der Waals surface area contributed by atoms with E-state index in [1.54, 1.807) is 0 Å². The quantitative estimate of drug-likeness (QED) is 0.859. The number of nitrogens with one attached hydrogen (secondary N) is 1. The van der Waals surface area contributed by atoms with Crippen molar-refractivity contribution in [3.8, 4) is 0 Å². The van der Waals surface area contributed by atoms with Gasteiger partial charge >= 0.3 is 0 Å². The van der Waals surface area contributed by atoms with Gasteiger partial charge in [-0.15, -0.1) is 0 Å². The van der Waals surface area contributed by atoms with Crippen LogP contribution in [0.15, 0.2) is 30.3 Å². The fourth-order valence-electron chi connectivity index (χ4n) is 2.03. The van der Waals surface area contributed by atoms with Crippen molar-refractivity contribution in [1.29, 1.82) is 0 Å². The summed E-state index contributed by atoms with van der Waals surface area (Å²) in [4.78, 5) is 2.44. The minimum atomic E-state index is 1.03. The minimum Gasteiger partial charge on any atom is -0.369 e. The predicted molar refractivity (Wildman–Crippen MR) is 79.0 cm³/mol. The average molecular weight is 295 g/mol. The van der Waals surface area contributed by atoms with Gasteiger partial charge in [0.1, 0.15) is 0 Å². The highest BCUT2D eigenvalue weighted by Crippen LogP contribution is 2.17. The number of hydrogen-bond donors (Lipinski definition) is 1. The highest BCUT2D eigenvalue weighted by Gasteiger charge is 2.09. The molecule has 0 atom stereocenters. The van der Waals surface area contributed by atoms with Crippen LogP contribution in [0.5, 0.6) is 0 Å². The van der Waals surface area contributed by atoms with Crippen LogP contribution in [-0.2, 0) is 0 Å². The molecule has 1 aromatic rings. The number of benzene rings is 1. The zero-order valence-electron chi connectivity index (χ0n) is 10.0. The molecular weight excluding hydrogens is 276 g/mol. The molecule has 0 aromatic heterocycles. The number of nitrogens with zero attached hydrogens (tertiary/aromatic N) is 1. The molecule has 1 saturated heterocycles. The summed E-state index contributed by atoms with van der Waals surface area (Å²) in [6.45, 7) is 4.39. The van der Waals surface area contributed by atoms with Crippen LogP contribution in [0.25, 0.3) is 6.08 Å². The Morgan fingerprint density at radius 2 is 2.12 bits per heavy atom. The van der Waals surface area contributed by atoms with Gasteiger partial charge in [0.25, 0.3) is 0 Å². The monoisotopic (exact) mass is 294 g/mol. The van der Waals surface area contributed by atoms with Crippen molar-refractivity contribution in [3.05, 3.63) is 35.9 Å². The molecule has 1 fully saturated rings. The van der Waals surface area contributed by atoms with E-state index in [9.17, 15) is 0 Å². The number of anilines is 1. The first kappa shape index (κ1) is 12.7. The molecule has 0 unspecified atom stereocenters. The third kappa shape index (κ3) is 3.86. The maximum Gasteiger partial charge on any atom is 0.0373 e. The van der Waals surface area contributed by atoms with Gasteiger partial charge in [-0.2, -0.15) is 0 Å². The van der Waals surface area contributed by atoms with Gasteiger partial charge < -0.3 is 10.2 Å². The standard InChI is InChI=1S/C14H19BrN2/c15-7-2-1-4-13-5-3-6-14(12-13)17-10-8-16-9-11-17/h1,3-6,12,16H,2,7-11H2. The van der Waals surface area contributed by atoms with Crippen LogP contribution in [0, 0.1) is 0 Å². The van der Waals surface area contributed by atoms with Gasteiger partial charge in [0.15, 0.2) is 0 Å². The Balaban J connectivity index is 2.05. The molecule has 1 N–H and O–H groups in total. The summed E-state index contributed by atoms with van der Waals surface area (Å²) < 4.78 is 0. The second-order valence-corrected chi connectivity index (χ2v) is 5.01. The first-order chi connectivity index (χ1) is 8.40. The van der Waals surface area contributed by atoms with E-state index >= 15 is 0 Å². The Morgan fingerprint density at radius 3 is 2.88 bits per heavy atom. The lowest BCUT2D eigenvalue weighted by Gasteiger charge is -2.29. The molecule has 2 rings (SSSR count). The second kappa shape index (κ2) is 6.82. The van der Waals surface area contributed by atoms with Crippen molar-refractivity contribution >= 4 is 27.7 Å². The van der Waals surface area contributed by atoms with Gasteiger partial charge in [-0.05, 0) is 24.1 Å². The van der Waals surface area contributed by atoms with Crippen LogP contribution >= 0.6 is 15.9 Å². The van der Waals surface area contributed by atoms with Crippen LogP contribution in [0.4, 0.5) is 5.69 Å². The Labute approximate surface area is 112 Å². The molecule has 0 aliphatic carbocycles. The largest absolute Gasteiger partial charge is 0.369 e. The van der Waals surface area contributed by atoms with Gasteiger partial charge in [0.2, 0.25) is 0 Å². The van der Waals surface area contributed by atoms with Crippen molar-refractivity contribution in [2.24, 2.45) is 0 Å². The third-order valence-electron chi connectivity index (χ3n) is 2.94. The van der Waals surface area contributed by atoms with E-state index < -0.39 is 0 Å². The van der Waals surface area contributed by atoms with Gasteiger partial charge in [-0.25, -0.2) is 0 Å². The van der Waals surface area contributed by atoms with E-state index in [1.165, 1.54) is 11.3 Å². The molecule has 0 amide bonds. The maximum atomic E-state index is 3.43. The lowest BCUT2D eigenvalue weighted by atomic mass is 10.1. The zero-order chi connectivity index (χ0) is 11.9. The van der Waals surface area contributed by atoms with Crippen molar-refractivity contribution in [1.82, 2.24) is 5.32 Å². The van der Waals surface area contributed by atoms with Crippen LogP contribution < -0.4 is 10.2 Å². The maximum absolute atomic E-state index is 3.43. The molecule has 1 aliphatic rings. The Bertz CT molecular complexity index is 370. The molecule has 1 heterocycles. The number of alkyl halides is 1. The van der Waals surface area contributed by atoms with Gasteiger partial charge in [0.05, 0.1) is 0 Å². The van der Waals surface area contributed by atoms with Gasteiger partial charge in [0, 0.05) is 37.2 Å². The van der Waals surface area contributed by atoms with E-state index in [0.29, 0.717) is 0 Å². The summed E-state index contributed by atoms with van der Waals surface area (Å²) in [5, 5.41) is 4.41. The molecule has 2 nitrogen and oxygen atoms in total. The first-order valence-electron chi connectivity index (χ1n) is 6.18.